The molecule has 3 aromatic rings. The van der Waals surface area contributed by atoms with Gasteiger partial charge in [0.15, 0.2) is 0 Å². The third-order valence-corrected chi connectivity index (χ3v) is 4.73. The molecule has 0 aliphatic heterocycles. The van der Waals surface area contributed by atoms with Crippen molar-refractivity contribution in [2.75, 3.05) is 0 Å². The first-order chi connectivity index (χ1) is 12.6. The zero-order chi connectivity index (χ0) is 19.8. The maximum atomic E-state index is 10.9. The summed E-state index contributed by atoms with van der Waals surface area (Å²) in [5, 5.41) is 15.7. The van der Waals surface area contributed by atoms with Crippen LogP contribution < -0.4 is 0 Å². The molecule has 2 heterocycles. The minimum Gasteiger partial charge on any atom is -0.507 e. The molecule has 0 atom stereocenters. The van der Waals surface area contributed by atoms with Crippen molar-refractivity contribution in [2.45, 2.75) is 58.9 Å². The predicted octanol–water partition coefficient (Wildman–Crippen LogP) is 5.29. The van der Waals surface area contributed by atoms with Gasteiger partial charge >= 0.3 is 0 Å². The lowest BCUT2D eigenvalue weighted by Gasteiger charge is -2.28. The summed E-state index contributed by atoms with van der Waals surface area (Å²) >= 11 is 0. The normalized spacial score (nSPS) is 12.4. The maximum absolute atomic E-state index is 10.9. The monoisotopic (exact) mass is 363 g/mol. The molecule has 0 unspecified atom stereocenters. The van der Waals surface area contributed by atoms with Gasteiger partial charge in [0.05, 0.1) is 12.2 Å². The van der Waals surface area contributed by atoms with Crippen molar-refractivity contribution in [1.29, 1.82) is 0 Å². The Labute approximate surface area is 161 Å². The van der Waals surface area contributed by atoms with Crippen molar-refractivity contribution in [3.05, 3.63) is 65.6 Å². The minimum absolute atomic E-state index is 0.154. The Balaban J connectivity index is 2.04. The van der Waals surface area contributed by atoms with Crippen LogP contribution in [0.4, 0.5) is 0 Å². The average Bonchev–Trinajstić information content (AvgIpc) is 3.02. The molecule has 0 aliphatic carbocycles. The number of hydrogen-bond donors (Lipinski definition) is 1. The van der Waals surface area contributed by atoms with Crippen LogP contribution in [-0.4, -0.2) is 19.9 Å². The highest BCUT2D eigenvalue weighted by atomic mass is 16.3. The van der Waals surface area contributed by atoms with Crippen LogP contribution in [0, 0.1) is 0 Å². The number of phenolic OH excluding ortho intramolecular Hbond substituents is 1. The minimum atomic E-state index is -0.154. The topological polar surface area (TPSA) is 50.9 Å². The second-order valence-corrected chi connectivity index (χ2v) is 9.18. The number of hydrogen-bond acceptors (Lipinski definition) is 3. The standard InChI is InChI=1S/C23H29N3O/c1-22(2,3)18-12-17(13-19(21(18)27)23(4,5)6)20-9-11-26(25-20)15-16-8-7-10-24-14-16/h7-14,27H,15H2,1-6H3. The van der Waals surface area contributed by atoms with Crippen molar-refractivity contribution >= 4 is 0 Å². The lowest BCUT2D eigenvalue weighted by Crippen LogP contribution is -2.17. The third-order valence-electron chi connectivity index (χ3n) is 4.73. The van der Waals surface area contributed by atoms with Crippen LogP contribution in [0.25, 0.3) is 11.3 Å². The molecule has 142 valence electrons. The second kappa shape index (κ2) is 6.84. The molecule has 4 heteroatoms. The molecule has 3 rings (SSSR count). The number of rotatable bonds is 3. The smallest absolute Gasteiger partial charge is 0.123 e. The van der Waals surface area contributed by atoms with Gasteiger partial charge in [0, 0.05) is 35.3 Å². The molecule has 0 saturated carbocycles. The van der Waals surface area contributed by atoms with E-state index in [4.69, 9.17) is 5.10 Å². The van der Waals surface area contributed by atoms with Crippen LogP contribution in [0.3, 0.4) is 0 Å². The molecule has 2 aromatic heterocycles. The summed E-state index contributed by atoms with van der Waals surface area (Å²) in [6, 6.07) is 10.2. The van der Waals surface area contributed by atoms with Gasteiger partial charge in [0.1, 0.15) is 5.75 Å². The molecule has 1 aromatic carbocycles. The summed E-state index contributed by atoms with van der Waals surface area (Å²) in [5.74, 6) is 0.397. The molecular formula is C23H29N3O. The summed E-state index contributed by atoms with van der Waals surface area (Å²) in [6.45, 7) is 13.4. The first-order valence-electron chi connectivity index (χ1n) is 9.36. The summed E-state index contributed by atoms with van der Waals surface area (Å²) in [6.07, 6.45) is 5.62. The Hall–Kier alpha value is -2.62. The fourth-order valence-corrected chi connectivity index (χ4v) is 3.21. The number of phenols is 1. The van der Waals surface area contributed by atoms with E-state index < -0.39 is 0 Å². The number of aromatic nitrogens is 3. The van der Waals surface area contributed by atoms with E-state index in [1.54, 1.807) is 6.20 Å². The highest BCUT2D eigenvalue weighted by molar-refractivity contribution is 5.66. The lowest BCUT2D eigenvalue weighted by atomic mass is 9.78. The molecule has 0 spiro atoms. The van der Waals surface area contributed by atoms with Gasteiger partial charge in [-0.15, -0.1) is 0 Å². The molecule has 27 heavy (non-hydrogen) atoms. The number of pyridine rings is 1. The third kappa shape index (κ3) is 4.21. The van der Waals surface area contributed by atoms with E-state index in [2.05, 4.69) is 58.7 Å². The predicted molar refractivity (Wildman–Crippen MR) is 110 cm³/mol. The van der Waals surface area contributed by atoms with Gasteiger partial charge < -0.3 is 5.11 Å². The molecule has 0 radical (unpaired) electrons. The zero-order valence-corrected chi connectivity index (χ0v) is 17.1. The maximum Gasteiger partial charge on any atom is 0.123 e. The van der Waals surface area contributed by atoms with Gasteiger partial charge in [-0.05, 0) is 40.7 Å². The van der Waals surface area contributed by atoms with E-state index in [9.17, 15) is 5.11 Å². The Bertz CT molecular complexity index is 893. The summed E-state index contributed by atoms with van der Waals surface area (Å²) < 4.78 is 1.92. The van der Waals surface area contributed by atoms with Crippen molar-refractivity contribution in [2.24, 2.45) is 0 Å². The van der Waals surface area contributed by atoms with Crippen LogP contribution in [-0.2, 0) is 17.4 Å². The van der Waals surface area contributed by atoms with Crippen LogP contribution >= 0.6 is 0 Å². The molecule has 4 nitrogen and oxygen atoms in total. The van der Waals surface area contributed by atoms with Crippen LogP contribution in [0.5, 0.6) is 5.75 Å². The zero-order valence-electron chi connectivity index (χ0n) is 17.1. The lowest BCUT2D eigenvalue weighted by molar-refractivity contribution is 0.423. The summed E-state index contributed by atoms with van der Waals surface area (Å²) in [5.41, 5.74) is 4.65. The fraction of sp³-hybridized carbons (Fsp3) is 0.391. The van der Waals surface area contributed by atoms with Gasteiger partial charge in [-0.2, -0.15) is 5.10 Å². The Morgan fingerprint density at radius 1 is 0.963 bits per heavy atom. The van der Waals surface area contributed by atoms with Crippen molar-refractivity contribution in [3.8, 4) is 17.0 Å². The van der Waals surface area contributed by atoms with E-state index >= 15 is 0 Å². The number of nitrogens with zero attached hydrogens (tertiary/aromatic N) is 3. The SMILES string of the molecule is CC(C)(C)c1cc(-c2ccn(Cc3cccnc3)n2)cc(C(C)(C)C)c1O. The van der Waals surface area contributed by atoms with Crippen LogP contribution in [0.2, 0.25) is 0 Å². The fourth-order valence-electron chi connectivity index (χ4n) is 3.21. The van der Waals surface area contributed by atoms with Crippen molar-refractivity contribution < 1.29 is 5.11 Å². The largest absolute Gasteiger partial charge is 0.507 e. The summed E-state index contributed by atoms with van der Waals surface area (Å²) in [4.78, 5) is 4.16. The van der Waals surface area contributed by atoms with Crippen LogP contribution in [0.1, 0.15) is 58.2 Å². The molecule has 0 aliphatic rings. The van der Waals surface area contributed by atoms with Crippen molar-refractivity contribution in [1.82, 2.24) is 14.8 Å². The first-order valence-corrected chi connectivity index (χ1v) is 9.36. The highest BCUT2D eigenvalue weighted by Crippen LogP contribution is 2.41. The van der Waals surface area contributed by atoms with Crippen molar-refractivity contribution in [3.63, 3.8) is 0 Å². The highest BCUT2D eigenvalue weighted by Gasteiger charge is 2.27. The van der Waals surface area contributed by atoms with E-state index in [0.29, 0.717) is 12.3 Å². The van der Waals surface area contributed by atoms with Gasteiger partial charge in [0.2, 0.25) is 0 Å². The van der Waals surface area contributed by atoms with Crippen LogP contribution in [0.15, 0.2) is 48.9 Å². The molecule has 1 N–H and O–H groups in total. The van der Waals surface area contributed by atoms with Gasteiger partial charge in [-0.25, -0.2) is 0 Å². The van der Waals surface area contributed by atoms with E-state index in [1.165, 1.54) is 0 Å². The number of aromatic hydroxyl groups is 1. The molecule has 0 saturated heterocycles. The summed E-state index contributed by atoms with van der Waals surface area (Å²) in [7, 11) is 0. The molecule has 0 amide bonds. The quantitative estimate of drug-likeness (QED) is 0.687. The first kappa shape index (κ1) is 19.2. The molecule has 0 bridgehead atoms. The van der Waals surface area contributed by atoms with E-state index in [0.717, 1.165) is 27.9 Å². The Kier molecular flexibility index (Phi) is 4.85. The Morgan fingerprint density at radius 3 is 2.11 bits per heavy atom. The number of benzene rings is 1. The molecule has 0 fully saturated rings. The Morgan fingerprint density at radius 2 is 1.59 bits per heavy atom. The van der Waals surface area contributed by atoms with E-state index in [1.807, 2.05) is 35.3 Å². The second-order valence-electron chi connectivity index (χ2n) is 9.18. The van der Waals surface area contributed by atoms with Gasteiger partial charge in [-0.1, -0.05) is 47.6 Å². The van der Waals surface area contributed by atoms with E-state index in [-0.39, 0.29) is 10.8 Å². The van der Waals surface area contributed by atoms with Gasteiger partial charge in [0.25, 0.3) is 0 Å². The van der Waals surface area contributed by atoms with Gasteiger partial charge in [-0.3, -0.25) is 9.67 Å². The average molecular weight is 364 g/mol. The molecular weight excluding hydrogens is 334 g/mol.